The summed E-state index contributed by atoms with van der Waals surface area (Å²) in [6.07, 6.45) is 3.12. The molecule has 0 saturated carbocycles. The van der Waals surface area contributed by atoms with E-state index in [1.807, 2.05) is 42.5 Å². The predicted octanol–water partition coefficient (Wildman–Crippen LogP) is 3.41. The molecule has 1 heterocycles. The van der Waals surface area contributed by atoms with Gasteiger partial charge in [-0.25, -0.2) is 4.79 Å². The quantitative estimate of drug-likeness (QED) is 0.865. The summed E-state index contributed by atoms with van der Waals surface area (Å²) in [5.41, 5.74) is 3.74. The van der Waals surface area contributed by atoms with Crippen LogP contribution in [0.5, 0.6) is 0 Å². The maximum Gasteiger partial charge on any atom is 0.338 e. The fraction of sp³-hybridized carbons (Fsp3) is 0.176. The molecule has 0 saturated heterocycles. The Bertz CT molecular complexity index is 608. The molecule has 2 aromatic rings. The number of hydrogen-bond acceptors (Lipinski definition) is 3. The van der Waals surface area contributed by atoms with Gasteiger partial charge in [-0.3, -0.25) is 0 Å². The lowest BCUT2D eigenvalue weighted by atomic mass is 10.0. The van der Waals surface area contributed by atoms with Gasteiger partial charge < -0.3 is 10.1 Å². The number of rotatable bonds is 3. The lowest BCUT2D eigenvalue weighted by Crippen LogP contribution is -2.12. The summed E-state index contributed by atoms with van der Waals surface area (Å²) in [6, 6.07) is 15.3. The number of carbonyl (C=O) groups excluding carboxylic acids is 1. The van der Waals surface area contributed by atoms with Crippen LogP contribution in [0.1, 0.15) is 27.9 Å². The second-order valence-electron chi connectivity index (χ2n) is 4.78. The van der Waals surface area contributed by atoms with E-state index in [4.69, 9.17) is 4.74 Å². The molecule has 0 aliphatic carbocycles. The van der Waals surface area contributed by atoms with E-state index < -0.39 is 0 Å². The van der Waals surface area contributed by atoms with Crippen LogP contribution in [0.15, 0.2) is 48.5 Å². The Kier molecular flexibility index (Phi) is 3.68. The van der Waals surface area contributed by atoms with Crippen molar-refractivity contribution in [2.75, 3.05) is 11.9 Å². The van der Waals surface area contributed by atoms with Gasteiger partial charge in [-0.15, -0.1) is 0 Å². The van der Waals surface area contributed by atoms with Crippen LogP contribution < -0.4 is 5.32 Å². The zero-order chi connectivity index (χ0) is 13.8. The van der Waals surface area contributed by atoms with Gasteiger partial charge in [0, 0.05) is 12.2 Å². The van der Waals surface area contributed by atoms with Crippen LogP contribution >= 0.6 is 0 Å². The Labute approximate surface area is 118 Å². The molecular weight excluding hydrogens is 250 g/mol. The SMILES string of the molecule is O=C(OCc1ccccc1)c1ccc2c(c1)[CH]CCN2. The second-order valence-corrected chi connectivity index (χ2v) is 4.78. The van der Waals surface area contributed by atoms with E-state index in [1.165, 1.54) is 0 Å². The number of ether oxygens (including phenoxy) is 1. The number of anilines is 1. The molecule has 2 aromatic carbocycles. The Morgan fingerprint density at radius 3 is 2.85 bits per heavy atom. The smallest absolute Gasteiger partial charge is 0.338 e. The summed E-state index contributed by atoms with van der Waals surface area (Å²) < 4.78 is 5.33. The molecule has 20 heavy (non-hydrogen) atoms. The minimum absolute atomic E-state index is 0.282. The second kappa shape index (κ2) is 5.78. The largest absolute Gasteiger partial charge is 0.457 e. The Morgan fingerprint density at radius 2 is 2.00 bits per heavy atom. The van der Waals surface area contributed by atoms with E-state index in [0.29, 0.717) is 12.2 Å². The van der Waals surface area contributed by atoms with Gasteiger partial charge in [0.15, 0.2) is 0 Å². The van der Waals surface area contributed by atoms with E-state index in [0.717, 1.165) is 29.8 Å². The number of nitrogens with one attached hydrogen (secondary N) is 1. The highest BCUT2D eigenvalue weighted by molar-refractivity contribution is 5.90. The molecule has 3 heteroatoms. The Balaban J connectivity index is 1.68. The van der Waals surface area contributed by atoms with Gasteiger partial charge in [-0.2, -0.15) is 0 Å². The summed E-state index contributed by atoms with van der Waals surface area (Å²) >= 11 is 0. The van der Waals surface area contributed by atoms with Crippen molar-refractivity contribution in [2.24, 2.45) is 0 Å². The summed E-state index contributed by atoms with van der Waals surface area (Å²) in [5.74, 6) is -0.282. The van der Waals surface area contributed by atoms with Gasteiger partial charge in [0.2, 0.25) is 0 Å². The molecule has 3 nitrogen and oxygen atoms in total. The highest BCUT2D eigenvalue weighted by Gasteiger charge is 2.13. The van der Waals surface area contributed by atoms with Crippen molar-refractivity contribution < 1.29 is 9.53 Å². The molecule has 1 aliphatic rings. The number of esters is 1. The molecule has 1 radical (unpaired) electrons. The first-order chi connectivity index (χ1) is 9.83. The first-order valence-corrected chi connectivity index (χ1v) is 6.75. The van der Waals surface area contributed by atoms with E-state index >= 15 is 0 Å². The van der Waals surface area contributed by atoms with E-state index in [9.17, 15) is 4.79 Å². The molecule has 1 N–H and O–H groups in total. The van der Waals surface area contributed by atoms with Crippen LogP contribution in [0.3, 0.4) is 0 Å². The van der Waals surface area contributed by atoms with Crippen LogP contribution in [0.25, 0.3) is 0 Å². The first-order valence-electron chi connectivity index (χ1n) is 6.75. The maximum atomic E-state index is 12.0. The lowest BCUT2D eigenvalue weighted by Gasteiger charge is -2.18. The Morgan fingerprint density at radius 1 is 1.15 bits per heavy atom. The molecule has 0 amide bonds. The maximum absolute atomic E-state index is 12.0. The summed E-state index contributed by atoms with van der Waals surface area (Å²) in [6.45, 7) is 1.25. The van der Waals surface area contributed by atoms with Crippen molar-refractivity contribution in [1.29, 1.82) is 0 Å². The first kappa shape index (κ1) is 12.7. The minimum Gasteiger partial charge on any atom is -0.457 e. The van der Waals surface area contributed by atoms with Crippen LogP contribution in [0, 0.1) is 6.42 Å². The van der Waals surface area contributed by atoms with Gasteiger partial charge in [0.1, 0.15) is 6.61 Å². The molecular formula is C17H16NO2. The minimum atomic E-state index is -0.282. The fourth-order valence-corrected chi connectivity index (χ4v) is 2.26. The van der Waals surface area contributed by atoms with Crippen LogP contribution in [-0.4, -0.2) is 12.5 Å². The van der Waals surface area contributed by atoms with Crippen LogP contribution in [0.4, 0.5) is 5.69 Å². The molecule has 0 atom stereocenters. The van der Waals surface area contributed by atoms with Crippen LogP contribution in [0.2, 0.25) is 0 Å². The van der Waals surface area contributed by atoms with Gasteiger partial charge in [0.05, 0.1) is 5.56 Å². The number of carbonyl (C=O) groups is 1. The van der Waals surface area contributed by atoms with Crippen molar-refractivity contribution in [3.63, 3.8) is 0 Å². The lowest BCUT2D eigenvalue weighted by molar-refractivity contribution is 0.0472. The zero-order valence-electron chi connectivity index (χ0n) is 11.1. The predicted molar refractivity (Wildman–Crippen MR) is 78.5 cm³/mol. The topological polar surface area (TPSA) is 38.3 Å². The van der Waals surface area contributed by atoms with Crippen LogP contribution in [-0.2, 0) is 11.3 Å². The van der Waals surface area contributed by atoms with Gasteiger partial charge in [-0.05, 0) is 42.2 Å². The standard InChI is InChI=1S/C17H16NO2/c19-17(20-12-13-5-2-1-3-6-13)15-8-9-16-14(11-15)7-4-10-18-16/h1-3,5-9,11,18H,4,10,12H2. The highest BCUT2D eigenvalue weighted by Crippen LogP contribution is 2.24. The average Bonchev–Trinajstić information content (AvgIpc) is 2.53. The van der Waals surface area contributed by atoms with Gasteiger partial charge in [0.25, 0.3) is 0 Å². The van der Waals surface area contributed by atoms with Crippen molar-refractivity contribution >= 4 is 11.7 Å². The third kappa shape index (κ3) is 2.82. The van der Waals surface area contributed by atoms with Crippen molar-refractivity contribution in [1.82, 2.24) is 0 Å². The monoisotopic (exact) mass is 266 g/mol. The average molecular weight is 266 g/mol. The van der Waals surface area contributed by atoms with Crippen molar-refractivity contribution in [3.05, 3.63) is 71.6 Å². The molecule has 0 aromatic heterocycles. The molecule has 101 valence electrons. The molecule has 0 bridgehead atoms. The summed E-state index contributed by atoms with van der Waals surface area (Å²) in [7, 11) is 0. The normalized spacial score (nSPS) is 13.2. The van der Waals surface area contributed by atoms with Gasteiger partial charge >= 0.3 is 5.97 Å². The fourth-order valence-electron chi connectivity index (χ4n) is 2.26. The Hall–Kier alpha value is -2.29. The summed E-state index contributed by atoms with van der Waals surface area (Å²) in [5, 5.41) is 3.30. The van der Waals surface area contributed by atoms with E-state index in [1.54, 1.807) is 6.07 Å². The number of hydrogen-bond donors (Lipinski definition) is 1. The third-order valence-electron chi connectivity index (χ3n) is 3.32. The van der Waals surface area contributed by atoms with Crippen molar-refractivity contribution in [2.45, 2.75) is 13.0 Å². The van der Waals surface area contributed by atoms with E-state index in [-0.39, 0.29) is 5.97 Å². The number of fused-ring (bicyclic) bond motifs is 1. The van der Waals surface area contributed by atoms with E-state index in [2.05, 4.69) is 11.7 Å². The molecule has 0 spiro atoms. The van der Waals surface area contributed by atoms with Gasteiger partial charge in [-0.1, -0.05) is 30.3 Å². The van der Waals surface area contributed by atoms with Crippen molar-refractivity contribution in [3.8, 4) is 0 Å². The zero-order valence-corrected chi connectivity index (χ0v) is 11.1. The molecule has 0 unspecified atom stereocenters. The third-order valence-corrected chi connectivity index (χ3v) is 3.32. The summed E-state index contributed by atoms with van der Waals surface area (Å²) in [4.78, 5) is 12.0. The highest BCUT2D eigenvalue weighted by atomic mass is 16.5. The molecule has 1 aliphatic heterocycles. The molecule has 3 rings (SSSR count). The molecule has 0 fully saturated rings. The number of benzene rings is 2.